The average Bonchev–Trinajstić information content (AvgIpc) is 2.42. The van der Waals surface area contributed by atoms with Gasteiger partial charge in [-0.1, -0.05) is 40.0 Å². The third kappa shape index (κ3) is 2.30. The monoisotopic (exact) mass is 291 g/mol. The molecule has 122 valence electrons. The summed E-state index contributed by atoms with van der Waals surface area (Å²) in [5.74, 6) is 2.67. The van der Waals surface area contributed by atoms with E-state index >= 15 is 0 Å². The Labute approximate surface area is 132 Å². The lowest BCUT2D eigenvalue weighted by Gasteiger charge is -2.63. The van der Waals surface area contributed by atoms with E-state index in [1.165, 1.54) is 64.2 Å². The number of hydrogen-bond acceptors (Lipinski definition) is 1. The lowest BCUT2D eigenvalue weighted by molar-refractivity contribution is -0.106. The molecule has 3 aliphatic carbocycles. The van der Waals surface area contributed by atoms with Gasteiger partial charge in [0.1, 0.15) is 0 Å². The highest BCUT2D eigenvalue weighted by Gasteiger charge is 2.58. The molecule has 3 rings (SSSR count). The third-order valence-electron chi connectivity index (χ3n) is 8.37. The Morgan fingerprint density at radius 2 is 1.67 bits per heavy atom. The molecular formula is C20H37N. The van der Waals surface area contributed by atoms with Crippen molar-refractivity contribution in [1.82, 2.24) is 0 Å². The van der Waals surface area contributed by atoms with Gasteiger partial charge in [0.15, 0.2) is 0 Å². The Hall–Kier alpha value is -0.0400. The van der Waals surface area contributed by atoms with Gasteiger partial charge in [-0.3, -0.25) is 0 Å². The first-order valence-corrected chi connectivity index (χ1v) is 9.63. The summed E-state index contributed by atoms with van der Waals surface area (Å²) in [6.07, 6.45) is 14.1. The summed E-state index contributed by atoms with van der Waals surface area (Å²) < 4.78 is 0. The summed E-state index contributed by atoms with van der Waals surface area (Å²) in [5.41, 5.74) is 8.12. The van der Waals surface area contributed by atoms with Gasteiger partial charge in [-0.05, 0) is 80.5 Å². The zero-order valence-corrected chi connectivity index (χ0v) is 14.9. The molecule has 21 heavy (non-hydrogen) atoms. The van der Waals surface area contributed by atoms with E-state index in [0.29, 0.717) is 10.8 Å². The van der Waals surface area contributed by atoms with Gasteiger partial charge in [-0.25, -0.2) is 0 Å². The number of nitrogens with two attached hydrogens (primary N) is 1. The van der Waals surface area contributed by atoms with Gasteiger partial charge >= 0.3 is 0 Å². The summed E-state index contributed by atoms with van der Waals surface area (Å²) in [6.45, 7) is 9.82. The van der Waals surface area contributed by atoms with Crippen LogP contribution >= 0.6 is 0 Å². The molecule has 3 saturated carbocycles. The van der Waals surface area contributed by atoms with Crippen LogP contribution in [0.15, 0.2) is 0 Å². The van der Waals surface area contributed by atoms with Crippen LogP contribution in [0.3, 0.4) is 0 Å². The summed E-state index contributed by atoms with van der Waals surface area (Å²) >= 11 is 0. The van der Waals surface area contributed by atoms with Gasteiger partial charge in [0.2, 0.25) is 0 Å². The highest BCUT2D eigenvalue weighted by molar-refractivity contribution is 5.11. The van der Waals surface area contributed by atoms with Crippen LogP contribution in [-0.2, 0) is 0 Å². The largest absolute Gasteiger partial charge is 0.325 e. The molecule has 3 unspecified atom stereocenters. The van der Waals surface area contributed by atoms with E-state index in [-0.39, 0.29) is 5.54 Å². The van der Waals surface area contributed by atoms with Crippen molar-refractivity contribution in [3.63, 3.8) is 0 Å². The van der Waals surface area contributed by atoms with E-state index in [4.69, 9.17) is 5.73 Å². The third-order valence-corrected chi connectivity index (χ3v) is 8.37. The van der Waals surface area contributed by atoms with Crippen molar-refractivity contribution in [3.8, 4) is 0 Å². The second-order valence-electron chi connectivity index (χ2n) is 9.45. The maximum absolute atomic E-state index is 7.06. The standard InChI is InChI=1S/C20H37N/c1-5-11-19(3)14-9-15-16-8-6-7-12-18(16,2)13-10-17(15)20(19,4)21/h15-17H,5-14,21H2,1-4H3/t15-,16?,17?,18?,19+,20+/m1/s1. The Morgan fingerprint density at radius 3 is 2.38 bits per heavy atom. The molecule has 0 aromatic heterocycles. The smallest absolute Gasteiger partial charge is 0.0211 e. The highest BCUT2D eigenvalue weighted by Crippen LogP contribution is 2.62. The van der Waals surface area contributed by atoms with Gasteiger partial charge in [0.25, 0.3) is 0 Å². The molecule has 6 atom stereocenters. The molecule has 0 aromatic carbocycles. The van der Waals surface area contributed by atoms with Gasteiger partial charge in [-0.15, -0.1) is 0 Å². The number of fused-ring (bicyclic) bond motifs is 3. The Balaban J connectivity index is 1.87. The van der Waals surface area contributed by atoms with E-state index in [9.17, 15) is 0 Å². The maximum atomic E-state index is 7.06. The van der Waals surface area contributed by atoms with E-state index in [2.05, 4.69) is 27.7 Å². The second kappa shape index (κ2) is 5.25. The molecule has 2 N–H and O–H groups in total. The Morgan fingerprint density at radius 1 is 0.905 bits per heavy atom. The number of hydrogen-bond donors (Lipinski definition) is 1. The topological polar surface area (TPSA) is 26.0 Å². The van der Waals surface area contributed by atoms with Crippen molar-refractivity contribution >= 4 is 0 Å². The van der Waals surface area contributed by atoms with Crippen molar-refractivity contribution in [2.24, 2.45) is 34.3 Å². The highest BCUT2D eigenvalue weighted by atomic mass is 14.8. The van der Waals surface area contributed by atoms with Crippen molar-refractivity contribution in [1.29, 1.82) is 0 Å². The molecule has 0 radical (unpaired) electrons. The van der Waals surface area contributed by atoms with Crippen LogP contribution in [0.4, 0.5) is 0 Å². The average molecular weight is 292 g/mol. The molecule has 0 spiro atoms. The molecule has 3 aliphatic rings. The van der Waals surface area contributed by atoms with Crippen LogP contribution in [0.25, 0.3) is 0 Å². The van der Waals surface area contributed by atoms with Crippen LogP contribution in [0.2, 0.25) is 0 Å². The van der Waals surface area contributed by atoms with Gasteiger partial charge in [0, 0.05) is 5.54 Å². The molecule has 1 nitrogen and oxygen atoms in total. The van der Waals surface area contributed by atoms with Crippen molar-refractivity contribution in [3.05, 3.63) is 0 Å². The van der Waals surface area contributed by atoms with E-state index in [0.717, 1.165) is 17.8 Å². The summed E-state index contributed by atoms with van der Waals surface area (Å²) in [4.78, 5) is 0. The summed E-state index contributed by atoms with van der Waals surface area (Å²) in [7, 11) is 0. The lowest BCUT2D eigenvalue weighted by Crippen LogP contribution is -2.64. The van der Waals surface area contributed by atoms with Crippen LogP contribution in [-0.4, -0.2) is 5.54 Å². The fourth-order valence-electron chi connectivity index (χ4n) is 6.74. The summed E-state index contributed by atoms with van der Waals surface area (Å²) in [5, 5.41) is 0. The zero-order chi connectivity index (χ0) is 15.3. The van der Waals surface area contributed by atoms with E-state index in [1.807, 2.05) is 0 Å². The summed E-state index contributed by atoms with van der Waals surface area (Å²) in [6, 6.07) is 0. The molecule has 0 amide bonds. The fourth-order valence-corrected chi connectivity index (χ4v) is 6.74. The lowest BCUT2D eigenvalue weighted by atomic mass is 9.44. The van der Waals surface area contributed by atoms with Gasteiger partial charge < -0.3 is 5.73 Å². The molecule has 0 aromatic rings. The minimum atomic E-state index is 0.0463. The van der Waals surface area contributed by atoms with Gasteiger partial charge in [0.05, 0.1) is 0 Å². The van der Waals surface area contributed by atoms with E-state index in [1.54, 1.807) is 0 Å². The first-order valence-electron chi connectivity index (χ1n) is 9.63. The molecular weight excluding hydrogens is 254 g/mol. The van der Waals surface area contributed by atoms with Crippen molar-refractivity contribution < 1.29 is 0 Å². The zero-order valence-electron chi connectivity index (χ0n) is 14.9. The first kappa shape index (κ1) is 15.8. The fraction of sp³-hybridized carbons (Fsp3) is 1.00. The van der Waals surface area contributed by atoms with Crippen molar-refractivity contribution in [2.75, 3.05) is 0 Å². The second-order valence-corrected chi connectivity index (χ2v) is 9.45. The van der Waals surface area contributed by atoms with Gasteiger partial charge in [-0.2, -0.15) is 0 Å². The van der Waals surface area contributed by atoms with Crippen LogP contribution < -0.4 is 5.73 Å². The molecule has 0 aliphatic heterocycles. The minimum absolute atomic E-state index is 0.0463. The Kier molecular flexibility index (Phi) is 3.96. The quantitative estimate of drug-likeness (QED) is 0.711. The number of rotatable bonds is 2. The van der Waals surface area contributed by atoms with Crippen LogP contribution in [0.1, 0.15) is 91.9 Å². The normalized spacial score (nSPS) is 53.9. The molecule has 1 heteroatoms. The minimum Gasteiger partial charge on any atom is -0.325 e. The molecule has 0 saturated heterocycles. The van der Waals surface area contributed by atoms with Crippen LogP contribution in [0, 0.1) is 28.6 Å². The van der Waals surface area contributed by atoms with Crippen LogP contribution in [0.5, 0.6) is 0 Å². The molecule has 0 heterocycles. The maximum Gasteiger partial charge on any atom is 0.0211 e. The molecule has 0 bridgehead atoms. The van der Waals surface area contributed by atoms with E-state index < -0.39 is 0 Å². The predicted octanol–water partition coefficient (Wildman–Crippen LogP) is 5.53. The van der Waals surface area contributed by atoms with Crippen molar-refractivity contribution in [2.45, 2.75) is 97.4 Å². The first-order chi connectivity index (χ1) is 9.84. The predicted molar refractivity (Wildman–Crippen MR) is 91.1 cm³/mol. The molecule has 3 fully saturated rings. The Bertz CT molecular complexity index is 387. The SMILES string of the molecule is CCC[C@@]1(C)CC[C@@H]2C3CCCCC3(C)CCC2[C@]1(C)N.